The highest BCUT2D eigenvalue weighted by atomic mass is 35.5. The number of halogens is 2. The van der Waals surface area contributed by atoms with Gasteiger partial charge < -0.3 is 29.4 Å². The lowest BCUT2D eigenvalue weighted by Gasteiger charge is -2.24. The molecule has 3 fully saturated rings. The average Bonchev–Trinajstić information content (AvgIpc) is 3.33. The first-order chi connectivity index (χ1) is 22.2. The fourth-order valence-electron chi connectivity index (χ4n) is 6.49. The summed E-state index contributed by atoms with van der Waals surface area (Å²) in [5, 5.41) is 8.79. The van der Waals surface area contributed by atoms with Crippen LogP contribution in [0.1, 0.15) is 44.0 Å². The van der Waals surface area contributed by atoms with Gasteiger partial charge in [0, 0.05) is 36.2 Å². The molecular formula is C33H33Cl2N7O4. The topological polar surface area (TPSA) is 117 Å². The SMILES string of the molecule is CC1(C)O[C@@H]2[C@H](O1)[C@@H](C(=O)NC1CC1)O[C@H]2n1cnc2c(NCCc3cn(Cc4ccc(Cl)c(Cl)c4)c4ccccc34)ncnc21. The van der Waals surface area contributed by atoms with Crippen molar-refractivity contribution in [2.75, 3.05) is 11.9 Å². The van der Waals surface area contributed by atoms with Gasteiger partial charge in [0.15, 0.2) is 35.1 Å². The molecule has 1 aliphatic carbocycles. The number of hydrogen-bond donors (Lipinski definition) is 2. The van der Waals surface area contributed by atoms with Gasteiger partial charge in [-0.15, -0.1) is 0 Å². The normalized spacial score (nSPS) is 23.7. The Hall–Kier alpha value is -3.74. The molecule has 4 atom stereocenters. The average molecular weight is 663 g/mol. The Balaban J connectivity index is 1.01. The molecule has 2 aliphatic heterocycles. The van der Waals surface area contributed by atoms with Crippen molar-refractivity contribution < 1.29 is 19.0 Å². The zero-order valence-electron chi connectivity index (χ0n) is 25.3. The third-order valence-corrected chi connectivity index (χ3v) is 9.48. The minimum absolute atomic E-state index is 0.180. The lowest BCUT2D eigenvalue weighted by Crippen LogP contribution is -2.43. The number of hydrogen-bond acceptors (Lipinski definition) is 8. The second-order valence-corrected chi connectivity index (χ2v) is 13.4. The Labute approximate surface area is 275 Å². The zero-order valence-corrected chi connectivity index (χ0v) is 26.8. The molecule has 3 aromatic heterocycles. The van der Waals surface area contributed by atoms with E-state index in [1.807, 2.05) is 42.7 Å². The number of anilines is 1. The van der Waals surface area contributed by atoms with E-state index < -0.39 is 30.3 Å². The smallest absolute Gasteiger partial charge is 0.252 e. The Morgan fingerprint density at radius 3 is 2.70 bits per heavy atom. The predicted octanol–water partition coefficient (Wildman–Crippen LogP) is 5.49. The molecule has 11 nitrogen and oxygen atoms in total. The molecular weight excluding hydrogens is 629 g/mol. The molecule has 2 N–H and O–H groups in total. The van der Waals surface area contributed by atoms with Crippen LogP contribution in [0.15, 0.2) is 61.3 Å². The van der Waals surface area contributed by atoms with Crippen molar-refractivity contribution >= 4 is 57.0 Å². The van der Waals surface area contributed by atoms with Crippen LogP contribution in [0.25, 0.3) is 22.1 Å². The summed E-state index contributed by atoms with van der Waals surface area (Å²) in [5.74, 6) is -0.413. The molecule has 238 valence electrons. The summed E-state index contributed by atoms with van der Waals surface area (Å²) in [6.45, 7) is 4.99. The molecule has 5 aromatic rings. The van der Waals surface area contributed by atoms with Gasteiger partial charge >= 0.3 is 0 Å². The fourth-order valence-corrected chi connectivity index (χ4v) is 6.81. The van der Waals surface area contributed by atoms with Crippen LogP contribution in [0, 0.1) is 0 Å². The number of fused-ring (bicyclic) bond motifs is 3. The van der Waals surface area contributed by atoms with Gasteiger partial charge in [-0.2, -0.15) is 0 Å². The van der Waals surface area contributed by atoms with Gasteiger partial charge in [-0.1, -0.05) is 47.5 Å². The van der Waals surface area contributed by atoms with Crippen LogP contribution in [0.5, 0.6) is 0 Å². The van der Waals surface area contributed by atoms with Crippen LogP contribution in [0.4, 0.5) is 5.82 Å². The highest BCUT2D eigenvalue weighted by Gasteiger charge is 2.58. The third kappa shape index (κ3) is 5.50. The number of carbonyl (C=O) groups is 1. The van der Waals surface area contributed by atoms with Gasteiger partial charge in [-0.05, 0) is 62.4 Å². The summed E-state index contributed by atoms with van der Waals surface area (Å²) in [6, 6.07) is 14.3. The van der Waals surface area contributed by atoms with Crippen molar-refractivity contribution in [3.63, 3.8) is 0 Å². The number of para-hydroxylation sites is 1. The maximum Gasteiger partial charge on any atom is 0.252 e. The molecule has 0 radical (unpaired) electrons. The third-order valence-electron chi connectivity index (χ3n) is 8.74. The van der Waals surface area contributed by atoms with E-state index in [4.69, 9.17) is 37.4 Å². The van der Waals surface area contributed by atoms with Crippen LogP contribution < -0.4 is 10.6 Å². The summed E-state index contributed by atoms with van der Waals surface area (Å²) >= 11 is 12.4. The number of nitrogens with one attached hydrogen (secondary N) is 2. The second kappa shape index (κ2) is 11.5. The number of aromatic nitrogens is 5. The van der Waals surface area contributed by atoms with Gasteiger partial charge in [0.05, 0.1) is 16.4 Å². The molecule has 1 saturated carbocycles. The van der Waals surface area contributed by atoms with Crippen LogP contribution in [0.3, 0.4) is 0 Å². The molecule has 3 aliphatic rings. The molecule has 2 aromatic carbocycles. The number of carbonyl (C=O) groups excluding carboxylic acids is 1. The highest BCUT2D eigenvalue weighted by Crippen LogP contribution is 2.44. The second-order valence-electron chi connectivity index (χ2n) is 12.6. The van der Waals surface area contributed by atoms with Crippen LogP contribution >= 0.6 is 23.2 Å². The summed E-state index contributed by atoms with van der Waals surface area (Å²) < 4.78 is 22.7. The molecule has 0 spiro atoms. The quantitative estimate of drug-likeness (QED) is 0.213. The summed E-state index contributed by atoms with van der Waals surface area (Å²) in [7, 11) is 0. The van der Waals surface area contributed by atoms with E-state index in [0.29, 0.717) is 40.1 Å². The van der Waals surface area contributed by atoms with Gasteiger partial charge in [-0.25, -0.2) is 15.0 Å². The Morgan fingerprint density at radius 1 is 1.04 bits per heavy atom. The summed E-state index contributed by atoms with van der Waals surface area (Å²) in [5.41, 5.74) is 4.61. The predicted molar refractivity (Wildman–Crippen MR) is 174 cm³/mol. The van der Waals surface area contributed by atoms with Crippen molar-refractivity contribution in [3.8, 4) is 0 Å². The number of amides is 1. The van der Waals surface area contributed by atoms with Crippen molar-refractivity contribution in [3.05, 3.63) is 82.5 Å². The van der Waals surface area contributed by atoms with Crippen molar-refractivity contribution in [1.29, 1.82) is 0 Å². The van der Waals surface area contributed by atoms with Crippen LogP contribution in [0.2, 0.25) is 10.0 Å². The standard InChI is InChI=1S/C33H33Cl2N7O4/c1-33(2)45-26-27(31(43)40-20-8-9-20)44-32(28(26)46-33)42-17-39-25-29(37-16-38-30(25)42)36-12-11-19-15-41(24-6-4-3-5-21(19)24)14-18-7-10-22(34)23(35)13-18/h3-7,10,13,15-17,20,26-28,32H,8-9,11-12,14H2,1-2H3,(H,40,43)(H,36,37,38)/t26-,27+,28-,32-/m1/s1. The van der Waals surface area contributed by atoms with E-state index in [2.05, 4.69) is 54.5 Å². The summed E-state index contributed by atoms with van der Waals surface area (Å²) in [6.07, 6.45) is 5.60. The van der Waals surface area contributed by atoms with E-state index in [1.165, 1.54) is 17.3 Å². The van der Waals surface area contributed by atoms with E-state index >= 15 is 0 Å². The maximum absolute atomic E-state index is 13.1. The van der Waals surface area contributed by atoms with Gasteiger partial charge in [0.25, 0.3) is 5.91 Å². The van der Waals surface area contributed by atoms with Crippen LogP contribution in [-0.4, -0.2) is 66.7 Å². The van der Waals surface area contributed by atoms with E-state index in [1.54, 1.807) is 6.33 Å². The van der Waals surface area contributed by atoms with E-state index in [9.17, 15) is 4.79 Å². The molecule has 1 amide bonds. The molecule has 13 heteroatoms. The summed E-state index contributed by atoms with van der Waals surface area (Å²) in [4.78, 5) is 26.8. The van der Waals surface area contributed by atoms with Gasteiger partial charge in [0.2, 0.25) is 0 Å². The van der Waals surface area contributed by atoms with Crippen LogP contribution in [-0.2, 0) is 32.0 Å². The Bertz CT molecular complexity index is 1960. The molecule has 2 saturated heterocycles. The first-order valence-corrected chi connectivity index (χ1v) is 16.2. The number of ether oxygens (including phenoxy) is 3. The molecule has 5 heterocycles. The number of benzene rings is 2. The first kappa shape index (κ1) is 29.6. The Kier molecular flexibility index (Phi) is 7.41. The Morgan fingerprint density at radius 2 is 1.87 bits per heavy atom. The zero-order chi connectivity index (χ0) is 31.6. The number of rotatable bonds is 9. The highest BCUT2D eigenvalue weighted by molar-refractivity contribution is 6.42. The minimum Gasteiger partial charge on any atom is -0.368 e. The molecule has 8 rings (SSSR count). The van der Waals surface area contributed by atoms with Crippen molar-refractivity contribution in [2.24, 2.45) is 0 Å². The number of imidazole rings is 1. The largest absolute Gasteiger partial charge is 0.368 e. The maximum atomic E-state index is 13.1. The lowest BCUT2D eigenvalue weighted by atomic mass is 10.1. The van der Waals surface area contributed by atoms with Crippen molar-refractivity contribution in [1.82, 2.24) is 29.4 Å². The van der Waals surface area contributed by atoms with Crippen molar-refractivity contribution in [2.45, 2.75) is 76.0 Å². The molecule has 0 unspecified atom stereocenters. The van der Waals surface area contributed by atoms with E-state index in [0.717, 1.165) is 30.3 Å². The van der Waals surface area contributed by atoms with E-state index in [-0.39, 0.29) is 11.9 Å². The first-order valence-electron chi connectivity index (χ1n) is 15.5. The van der Waals surface area contributed by atoms with Gasteiger partial charge in [-0.3, -0.25) is 9.36 Å². The lowest BCUT2D eigenvalue weighted by molar-refractivity contribution is -0.197. The fraction of sp³-hybridized carbons (Fsp3) is 0.394. The number of nitrogens with zero attached hydrogens (tertiary/aromatic N) is 5. The molecule has 46 heavy (non-hydrogen) atoms. The molecule has 0 bridgehead atoms. The minimum atomic E-state index is -0.849. The van der Waals surface area contributed by atoms with Gasteiger partial charge in [0.1, 0.15) is 18.5 Å². The monoisotopic (exact) mass is 661 g/mol.